The summed E-state index contributed by atoms with van der Waals surface area (Å²) in [4.78, 5) is 40.5. The normalized spacial score (nSPS) is 15.2. The Morgan fingerprint density at radius 2 is 1.84 bits per heavy atom. The van der Waals surface area contributed by atoms with E-state index >= 15 is 0 Å². The van der Waals surface area contributed by atoms with Gasteiger partial charge < -0.3 is 9.80 Å². The minimum absolute atomic E-state index is 0.117. The lowest BCUT2D eigenvalue weighted by molar-refractivity contribution is -0.130. The van der Waals surface area contributed by atoms with Crippen LogP contribution in [0.4, 0.5) is 5.82 Å². The number of anilines is 1. The Morgan fingerprint density at radius 1 is 1.12 bits per heavy atom. The molecule has 2 aromatic heterocycles. The minimum atomic E-state index is -0.182. The van der Waals surface area contributed by atoms with Crippen LogP contribution in [-0.4, -0.2) is 58.0 Å². The summed E-state index contributed by atoms with van der Waals surface area (Å²) in [6, 6.07) is 12.1. The van der Waals surface area contributed by atoms with Crippen molar-refractivity contribution in [2.24, 2.45) is 0 Å². The van der Waals surface area contributed by atoms with Crippen molar-refractivity contribution in [1.82, 2.24) is 14.9 Å². The largest absolute Gasteiger partial charge is 0.352 e. The third kappa shape index (κ3) is 5.13. The molecule has 6 nitrogen and oxygen atoms in total. The lowest BCUT2D eigenvalue weighted by atomic mass is 10.1. The second-order valence-electron chi connectivity index (χ2n) is 8.02. The van der Waals surface area contributed by atoms with Gasteiger partial charge in [0.15, 0.2) is 5.16 Å². The molecule has 1 atom stereocenters. The highest BCUT2D eigenvalue weighted by Gasteiger charge is 2.25. The monoisotopic (exact) mass is 468 g/mol. The van der Waals surface area contributed by atoms with Crippen LogP contribution in [-0.2, 0) is 22.4 Å². The number of benzene rings is 1. The van der Waals surface area contributed by atoms with Gasteiger partial charge in [0.05, 0.1) is 17.1 Å². The van der Waals surface area contributed by atoms with Crippen molar-refractivity contribution in [1.29, 1.82) is 0 Å². The number of carbonyl (C=O) groups is 2. The van der Waals surface area contributed by atoms with E-state index in [4.69, 9.17) is 9.97 Å². The van der Waals surface area contributed by atoms with Gasteiger partial charge in [-0.1, -0.05) is 49.0 Å². The van der Waals surface area contributed by atoms with Crippen LogP contribution in [0.15, 0.2) is 41.6 Å². The molecule has 0 N–H and O–H groups in total. The Bertz CT molecular complexity index is 1110. The molecule has 1 saturated heterocycles. The number of fused-ring (bicyclic) bond motifs is 1. The highest BCUT2D eigenvalue weighted by molar-refractivity contribution is 8.00. The van der Waals surface area contributed by atoms with Crippen molar-refractivity contribution >= 4 is 50.8 Å². The molecule has 3 aromatic rings. The Kier molecular flexibility index (Phi) is 7.10. The molecule has 1 aromatic carbocycles. The average molecular weight is 469 g/mol. The van der Waals surface area contributed by atoms with E-state index < -0.39 is 0 Å². The molecule has 0 radical (unpaired) electrons. The van der Waals surface area contributed by atoms with Crippen LogP contribution in [0.25, 0.3) is 10.2 Å². The third-order valence-corrected chi connectivity index (χ3v) is 7.99. The first-order valence-corrected chi connectivity index (χ1v) is 12.7. The van der Waals surface area contributed by atoms with Gasteiger partial charge in [0.25, 0.3) is 0 Å². The van der Waals surface area contributed by atoms with E-state index in [-0.39, 0.29) is 16.9 Å². The van der Waals surface area contributed by atoms with Crippen LogP contribution in [0.2, 0.25) is 0 Å². The summed E-state index contributed by atoms with van der Waals surface area (Å²) >= 11 is 3.10. The van der Waals surface area contributed by atoms with E-state index in [2.05, 4.69) is 17.9 Å². The van der Waals surface area contributed by atoms with E-state index in [0.717, 1.165) is 41.1 Å². The minimum Gasteiger partial charge on any atom is -0.352 e. The van der Waals surface area contributed by atoms with Crippen molar-refractivity contribution in [2.75, 3.05) is 31.1 Å². The number of carbonyl (C=O) groups excluding carboxylic acids is 2. The summed E-state index contributed by atoms with van der Waals surface area (Å²) in [6.07, 6.45) is 1.39. The Balaban J connectivity index is 1.52. The molecule has 1 aliphatic heterocycles. The van der Waals surface area contributed by atoms with E-state index in [1.807, 2.05) is 42.2 Å². The first-order valence-electron chi connectivity index (χ1n) is 11.0. The summed E-state index contributed by atoms with van der Waals surface area (Å²) in [7, 11) is 0. The van der Waals surface area contributed by atoms with Gasteiger partial charge in [-0.25, -0.2) is 9.97 Å². The number of hydrogen-bond donors (Lipinski definition) is 0. The maximum absolute atomic E-state index is 12.8. The zero-order chi connectivity index (χ0) is 22.7. The summed E-state index contributed by atoms with van der Waals surface area (Å²) in [5.74, 6) is 1.20. The quantitative estimate of drug-likeness (QED) is 0.382. The standard InChI is InChI=1S/C24H28N4O2S2/c1-4-19-15-20-22(25-24(26-23(20)32-19)31-17(3)16(2)29)28-12-10-27(11-13-28)21(30)14-18-8-6-5-7-9-18/h5-9,15,17H,4,10-14H2,1-3H3. The number of hydrogen-bond acceptors (Lipinski definition) is 7. The molecule has 1 fully saturated rings. The van der Waals surface area contributed by atoms with Crippen LogP contribution in [0.5, 0.6) is 0 Å². The van der Waals surface area contributed by atoms with Gasteiger partial charge >= 0.3 is 0 Å². The predicted octanol–water partition coefficient (Wildman–Crippen LogP) is 4.21. The van der Waals surface area contributed by atoms with Crippen molar-refractivity contribution in [3.05, 3.63) is 46.8 Å². The summed E-state index contributed by atoms with van der Waals surface area (Å²) in [5, 5.41) is 1.52. The zero-order valence-electron chi connectivity index (χ0n) is 18.7. The molecule has 0 spiro atoms. The Morgan fingerprint density at radius 3 is 2.50 bits per heavy atom. The molecule has 32 heavy (non-hydrogen) atoms. The number of aryl methyl sites for hydroxylation is 1. The Labute approximate surface area is 197 Å². The lowest BCUT2D eigenvalue weighted by Crippen LogP contribution is -2.49. The van der Waals surface area contributed by atoms with Crippen molar-refractivity contribution < 1.29 is 9.59 Å². The van der Waals surface area contributed by atoms with Gasteiger partial charge in [0, 0.05) is 31.1 Å². The predicted molar refractivity (Wildman–Crippen MR) is 132 cm³/mol. The van der Waals surface area contributed by atoms with E-state index in [9.17, 15) is 9.59 Å². The molecular formula is C24H28N4O2S2. The van der Waals surface area contributed by atoms with Crippen molar-refractivity contribution in [3.8, 4) is 0 Å². The molecule has 3 heterocycles. The number of nitrogens with zero attached hydrogens (tertiary/aromatic N) is 4. The molecule has 168 valence electrons. The van der Waals surface area contributed by atoms with Gasteiger partial charge in [0.1, 0.15) is 16.4 Å². The van der Waals surface area contributed by atoms with Gasteiger partial charge in [-0.3, -0.25) is 9.59 Å². The Hall–Kier alpha value is -2.45. The molecule has 4 rings (SSSR count). The summed E-state index contributed by atoms with van der Waals surface area (Å²) in [6.45, 7) is 8.45. The molecular weight excluding hydrogens is 440 g/mol. The maximum atomic E-state index is 12.8. The first-order chi connectivity index (χ1) is 15.4. The average Bonchev–Trinajstić information content (AvgIpc) is 3.22. The fourth-order valence-electron chi connectivity index (χ4n) is 3.70. The number of Topliss-reactive ketones (excluding diaryl/α,β-unsaturated/α-hetero) is 1. The topological polar surface area (TPSA) is 66.4 Å². The SMILES string of the molecule is CCc1cc2c(N3CCN(C(=O)Cc4ccccc4)CC3)nc(SC(C)C(C)=O)nc2s1. The fourth-order valence-corrected chi connectivity index (χ4v) is 5.48. The number of piperazine rings is 1. The number of aromatic nitrogens is 2. The molecule has 0 aliphatic carbocycles. The number of thioether (sulfide) groups is 1. The molecule has 8 heteroatoms. The van der Waals surface area contributed by atoms with Gasteiger partial charge in [-0.15, -0.1) is 11.3 Å². The van der Waals surface area contributed by atoms with Gasteiger partial charge in [-0.2, -0.15) is 0 Å². The summed E-state index contributed by atoms with van der Waals surface area (Å²) in [5.41, 5.74) is 1.05. The maximum Gasteiger partial charge on any atom is 0.227 e. The summed E-state index contributed by atoms with van der Waals surface area (Å²) < 4.78 is 0. The van der Waals surface area contributed by atoms with Crippen molar-refractivity contribution in [3.63, 3.8) is 0 Å². The van der Waals surface area contributed by atoms with Crippen LogP contribution in [0, 0.1) is 0 Å². The fraction of sp³-hybridized carbons (Fsp3) is 0.417. The lowest BCUT2D eigenvalue weighted by Gasteiger charge is -2.35. The van der Waals surface area contributed by atoms with Crippen LogP contribution in [0.1, 0.15) is 31.2 Å². The zero-order valence-corrected chi connectivity index (χ0v) is 20.3. The smallest absolute Gasteiger partial charge is 0.227 e. The van der Waals surface area contributed by atoms with Gasteiger partial charge in [0.2, 0.25) is 5.91 Å². The van der Waals surface area contributed by atoms with Gasteiger partial charge in [-0.05, 0) is 31.9 Å². The van der Waals surface area contributed by atoms with E-state index in [1.165, 1.54) is 16.6 Å². The first kappa shape index (κ1) is 22.7. The molecule has 0 saturated carbocycles. The number of amides is 1. The van der Waals surface area contributed by atoms with E-state index in [1.54, 1.807) is 18.3 Å². The molecule has 0 bridgehead atoms. The van der Waals surface area contributed by atoms with Crippen LogP contribution >= 0.6 is 23.1 Å². The van der Waals surface area contributed by atoms with E-state index in [0.29, 0.717) is 24.7 Å². The van der Waals surface area contributed by atoms with Crippen LogP contribution < -0.4 is 4.90 Å². The van der Waals surface area contributed by atoms with Crippen LogP contribution in [0.3, 0.4) is 0 Å². The molecule has 1 unspecified atom stereocenters. The highest BCUT2D eigenvalue weighted by Crippen LogP contribution is 2.34. The highest BCUT2D eigenvalue weighted by atomic mass is 32.2. The molecule has 1 aliphatic rings. The second-order valence-corrected chi connectivity index (χ2v) is 10.4. The van der Waals surface area contributed by atoms with Crippen molar-refractivity contribution in [2.45, 2.75) is 44.0 Å². The second kappa shape index (κ2) is 10.0. The number of rotatable bonds is 7. The molecule has 1 amide bonds. The number of thiophene rings is 1. The number of ketones is 1. The third-order valence-electron chi connectivity index (χ3n) is 5.74.